The van der Waals surface area contributed by atoms with E-state index in [1.54, 1.807) is 17.6 Å². The van der Waals surface area contributed by atoms with Crippen molar-refractivity contribution in [3.8, 4) is 5.75 Å². The van der Waals surface area contributed by atoms with Crippen molar-refractivity contribution in [1.29, 1.82) is 0 Å². The molecule has 1 aliphatic rings. The number of hydrogen-bond acceptors (Lipinski definition) is 4. The van der Waals surface area contributed by atoms with Crippen molar-refractivity contribution in [2.24, 2.45) is 4.99 Å². The molecular formula is C22H26IN3O2S. The molecule has 1 aromatic carbocycles. The summed E-state index contributed by atoms with van der Waals surface area (Å²) in [5, 5.41) is 9.17. The highest BCUT2D eigenvalue weighted by Gasteiger charge is 2.21. The molecule has 0 fully saturated rings. The van der Waals surface area contributed by atoms with Gasteiger partial charge in [0.25, 0.3) is 0 Å². The van der Waals surface area contributed by atoms with E-state index in [4.69, 9.17) is 14.1 Å². The number of furan rings is 1. The van der Waals surface area contributed by atoms with Gasteiger partial charge in [-0.2, -0.15) is 0 Å². The van der Waals surface area contributed by atoms with E-state index in [1.807, 2.05) is 24.3 Å². The molecule has 0 radical (unpaired) electrons. The molecule has 3 heterocycles. The van der Waals surface area contributed by atoms with Crippen molar-refractivity contribution in [2.45, 2.75) is 25.3 Å². The van der Waals surface area contributed by atoms with Gasteiger partial charge >= 0.3 is 0 Å². The van der Waals surface area contributed by atoms with Crippen LogP contribution in [0.1, 0.15) is 28.7 Å². The largest absolute Gasteiger partial charge is 0.493 e. The summed E-state index contributed by atoms with van der Waals surface area (Å²) in [7, 11) is 0. The van der Waals surface area contributed by atoms with Crippen LogP contribution in [0.5, 0.6) is 5.75 Å². The number of rotatable bonds is 7. The first-order valence-electron chi connectivity index (χ1n) is 9.70. The van der Waals surface area contributed by atoms with Crippen LogP contribution in [0.15, 0.2) is 69.6 Å². The molecule has 0 saturated heterocycles. The fourth-order valence-corrected chi connectivity index (χ4v) is 4.00. The van der Waals surface area contributed by atoms with E-state index >= 15 is 0 Å². The first kappa shape index (κ1) is 21.7. The molecule has 4 rings (SSSR count). The topological polar surface area (TPSA) is 58.8 Å². The lowest BCUT2D eigenvalue weighted by Crippen LogP contribution is -2.42. The van der Waals surface area contributed by atoms with Gasteiger partial charge in [-0.1, -0.05) is 24.3 Å². The van der Waals surface area contributed by atoms with Gasteiger partial charge < -0.3 is 19.8 Å². The van der Waals surface area contributed by atoms with Gasteiger partial charge in [-0.25, -0.2) is 0 Å². The molecule has 0 spiro atoms. The second-order valence-corrected chi connectivity index (χ2v) is 7.72. The standard InChI is InChI=1S/C22H25N3O2S.HI/c1-2-8-21-19(7-1)20(11-15-27-21)25-22(23-12-9-17-5-3-14-26-17)24-13-10-18-6-4-16-28-18;/h1-8,14,16,20H,9-13,15H2,(H2,23,24,25);1H. The van der Waals surface area contributed by atoms with Crippen LogP contribution in [0, 0.1) is 0 Å². The fraction of sp³-hybridized carbons (Fsp3) is 0.318. The number of guanidine groups is 1. The molecular weight excluding hydrogens is 497 g/mol. The van der Waals surface area contributed by atoms with Crippen LogP contribution < -0.4 is 15.4 Å². The Morgan fingerprint density at radius 2 is 2.03 bits per heavy atom. The number of benzene rings is 1. The highest BCUT2D eigenvalue weighted by atomic mass is 127. The Balaban J connectivity index is 0.00000240. The average Bonchev–Trinajstić information content (AvgIpc) is 3.42. The van der Waals surface area contributed by atoms with E-state index in [1.165, 1.54) is 10.4 Å². The lowest BCUT2D eigenvalue weighted by molar-refractivity contribution is 0.261. The summed E-state index contributed by atoms with van der Waals surface area (Å²) >= 11 is 1.78. The van der Waals surface area contributed by atoms with E-state index in [0.29, 0.717) is 6.61 Å². The summed E-state index contributed by atoms with van der Waals surface area (Å²) in [6, 6.07) is 16.6. The summed E-state index contributed by atoms with van der Waals surface area (Å²) in [5.41, 5.74) is 1.19. The van der Waals surface area contributed by atoms with Crippen LogP contribution in [0.2, 0.25) is 0 Å². The molecule has 1 unspecified atom stereocenters. The van der Waals surface area contributed by atoms with Crippen LogP contribution >= 0.6 is 35.3 Å². The van der Waals surface area contributed by atoms with E-state index in [2.05, 4.69) is 40.3 Å². The Hall–Kier alpha value is -2.00. The summed E-state index contributed by atoms with van der Waals surface area (Å²) in [4.78, 5) is 6.17. The number of nitrogens with one attached hydrogen (secondary N) is 2. The first-order chi connectivity index (χ1) is 13.9. The van der Waals surface area contributed by atoms with Gasteiger partial charge in [0.1, 0.15) is 11.5 Å². The van der Waals surface area contributed by atoms with Crippen molar-refractivity contribution >= 4 is 41.3 Å². The Labute approximate surface area is 192 Å². The summed E-state index contributed by atoms with van der Waals surface area (Å²) < 4.78 is 11.2. The number of halogens is 1. The van der Waals surface area contributed by atoms with Gasteiger partial charge in [0.2, 0.25) is 0 Å². The van der Waals surface area contributed by atoms with Gasteiger partial charge in [-0.3, -0.25) is 4.99 Å². The number of aliphatic imine (C=N–C) groups is 1. The van der Waals surface area contributed by atoms with Gasteiger partial charge in [0.15, 0.2) is 5.96 Å². The zero-order chi connectivity index (χ0) is 19.0. The molecule has 29 heavy (non-hydrogen) atoms. The molecule has 2 N–H and O–H groups in total. The molecule has 3 aromatic rings. The minimum Gasteiger partial charge on any atom is -0.493 e. The van der Waals surface area contributed by atoms with Crippen LogP contribution in [0.25, 0.3) is 0 Å². The second kappa shape index (κ2) is 11.3. The molecule has 0 amide bonds. The Morgan fingerprint density at radius 3 is 2.86 bits per heavy atom. The molecule has 0 bridgehead atoms. The number of fused-ring (bicyclic) bond motifs is 1. The van der Waals surface area contributed by atoms with Gasteiger partial charge in [0, 0.05) is 42.8 Å². The SMILES string of the molecule is I.c1coc(CCNC(=NCCc2cccs2)NC2CCOc3ccccc32)c1. The normalized spacial score (nSPS) is 15.7. The number of hydrogen-bond donors (Lipinski definition) is 2. The smallest absolute Gasteiger partial charge is 0.191 e. The van der Waals surface area contributed by atoms with Crippen LogP contribution in [0.3, 0.4) is 0 Å². The lowest BCUT2D eigenvalue weighted by Gasteiger charge is -2.28. The van der Waals surface area contributed by atoms with E-state index in [9.17, 15) is 0 Å². The zero-order valence-corrected chi connectivity index (χ0v) is 19.3. The molecule has 2 aromatic heterocycles. The Bertz CT molecular complexity index is 881. The number of nitrogens with zero attached hydrogens (tertiary/aromatic N) is 1. The molecule has 154 valence electrons. The third kappa shape index (κ3) is 6.24. The first-order valence-corrected chi connectivity index (χ1v) is 10.6. The second-order valence-electron chi connectivity index (χ2n) is 6.69. The predicted octanol–water partition coefficient (Wildman–Crippen LogP) is 4.80. The maximum atomic E-state index is 5.78. The quantitative estimate of drug-likeness (QED) is 0.265. The fourth-order valence-electron chi connectivity index (χ4n) is 3.30. The van der Waals surface area contributed by atoms with Gasteiger partial charge in [-0.15, -0.1) is 35.3 Å². The van der Waals surface area contributed by atoms with Crippen molar-refractivity contribution in [2.75, 3.05) is 19.7 Å². The number of thiophene rings is 1. The van der Waals surface area contributed by atoms with Crippen molar-refractivity contribution in [1.82, 2.24) is 10.6 Å². The Morgan fingerprint density at radius 1 is 1.10 bits per heavy atom. The number of para-hydroxylation sites is 1. The van der Waals surface area contributed by atoms with Crippen molar-refractivity contribution < 1.29 is 9.15 Å². The van der Waals surface area contributed by atoms with E-state index in [0.717, 1.165) is 49.8 Å². The lowest BCUT2D eigenvalue weighted by atomic mass is 10.0. The summed E-state index contributed by atoms with van der Waals surface area (Å²) in [5.74, 6) is 2.77. The molecule has 0 saturated carbocycles. The third-order valence-corrected chi connectivity index (χ3v) is 5.66. The highest BCUT2D eigenvalue weighted by molar-refractivity contribution is 14.0. The predicted molar refractivity (Wildman–Crippen MR) is 129 cm³/mol. The molecule has 7 heteroatoms. The third-order valence-electron chi connectivity index (χ3n) is 4.72. The van der Waals surface area contributed by atoms with E-state index < -0.39 is 0 Å². The van der Waals surface area contributed by atoms with Crippen LogP contribution in [-0.4, -0.2) is 25.7 Å². The maximum Gasteiger partial charge on any atom is 0.191 e. The van der Waals surface area contributed by atoms with Crippen molar-refractivity contribution in [3.05, 3.63) is 76.4 Å². The summed E-state index contributed by atoms with van der Waals surface area (Å²) in [6.45, 7) is 2.23. The van der Waals surface area contributed by atoms with Crippen molar-refractivity contribution in [3.63, 3.8) is 0 Å². The molecule has 1 aliphatic heterocycles. The van der Waals surface area contributed by atoms with Crippen LogP contribution in [0.4, 0.5) is 0 Å². The average molecular weight is 523 g/mol. The van der Waals surface area contributed by atoms with Gasteiger partial charge in [0.05, 0.1) is 18.9 Å². The molecule has 0 aliphatic carbocycles. The summed E-state index contributed by atoms with van der Waals surface area (Å²) in [6.07, 6.45) is 4.40. The minimum absolute atomic E-state index is 0. The minimum atomic E-state index is 0. The molecule has 5 nitrogen and oxygen atoms in total. The number of ether oxygens (including phenoxy) is 1. The van der Waals surface area contributed by atoms with E-state index in [-0.39, 0.29) is 30.0 Å². The monoisotopic (exact) mass is 523 g/mol. The zero-order valence-electron chi connectivity index (χ0n) is 16.2. The Kier molecular flexibility index (Phi) is 8.42. The van der Waals surface area contributed by atoms with Crippen LogP contribution in [-0.2, 0) is 12.8 Å². The van der Waals surface area contributed by atoms with Gasteiger partial charge in [-0.05, 0) is 29.6 Å². The highest BCUT2D eigenvalue weighted by Crippen LogP contribution is 2.31. The molecule has 1 atom stereocenters. The maximum absolute atomic E-state index is 5.78.